The number of fused-ring (bicyclic) bond motifs is 1. The summed E-state index contributed by atoms with van der Waals surface area (Å²) in [5, 5.41) is 12.9. The Morgan fingerprint density at radius 2 is 0.944 bits per heavy atom. The van der Waals surface area contributed by atoms with E-state index in [2.05, 4.69) is 242 Å². The van der Waals surface area contributed by atoms with E-state index in [1.165, 1.54) is 11.1 Å². The summed E-state index contributed by atoms with van der Waals surface area (Å²) < 4.78 is 21.1. The van der Waals surface area contributed by atoms with Gasteiger partial charge < -0.3 is 5.11 Å². The van der Waals surface area contributed by atoms with Gasteiger partial charge in [-0.2, -0.15) is 0 Å². The summed E-state index contributed by atoms with van der Waals surface area (Å²) in [7, 11) is 0. The van der Waals surface area contributed by atoms with Crippen molar-refractivity contribution in [1.82, 2.24) is 14.5 Å². The van der Waals surface area contributed by atoms with Crippen molar-refractivity contribution in [3.8, 4) is 78.6 Å². The molecule has 0 spiro atoms. The lowest BCUT2D eigenvalue weighted by Gasteiger charge is -2.28. The molecule has 72 heavy (non-hydrogen) atoms. The van der Waals surface area contributed by atoms with Crippen LogP contribution < -0.4 is 0 Å². The summed E-state index contributed by atoms with van der Waals surface area (Å²) in [5.74, 6) is 0.847. The summed E-state index contributed by atoms with van der Waals surface area (Å²) in [6.45, 7) is 33.2. The maximum atomic E-state index is 12.9. The van der Waals surface area contributed by atoms with Gasteiger partial charge >= 0.3 is 0 Å². The zero-order chi connectivity index (χ0) is 53.4. The maximum absolute atomic E-state index is 12.9. The molecular weight excluding hydrogens is 875 g/mol. The molecular formula is C68H73N3O. The molecule has 2 heterocycles. The maximum Gasteiger partial charge on any atom is 0.149 e. The highest BCUT2D eigenvalue weighted by atomic mass is 16.3. The first kappa shape index (κ1) is 47.3. The Labute approximate surface area is 432 Å². The second-order valence-corrected chi connectivity index (χ2v) is 24.9. The van der Waals surface area contributed by atoms with Crippen LogP contribution >= 0.6 is 0 Å². The highest BCUT2D eigenvalue weighted by Gasteiger charge is 2.31. The van der Waals surface area contributed by atoms with Gasteiger partial charge in [0, 0.05) is 34.0 Å². The van der Waals surface area contributed by atoms with Crippen molar-refractivity contribution in [2.45, 2.75) is 131 Å². The lowest BCUT2D eigenvalue weighted by molar-refractivity contribution is 0.446. The molecule has 1 N–H and O–H groups in total. The molecule has 4 heteroatoms. The monoisotopic (exact) mass is 950 g/mol. The van der Waals surface area contributed by atoms with Gasteiger partial charge in [0.25, 0.3) is 0 Å². The largest absolute Gasteiger partial charge is 0.507 e. The molecule has 0 saturated heterocycles. The molecule has 0 unspecified atom stereocenters. The summed E-state index contributed by atoms with van der Waals surface area (Å²) in [6.07, 6.45) is 1.59. The number of para-hydroxylation sites is 1. The minimum atomic E-state index is -0.386. The van der Waals surface area contributed by atoms with Crippen molar-refractivity contribution in [3.05, 3.63) is 192 Å². The third kappa shape index (κ3) is 9.81. The average Bonchev–Trinajstić information content (AvgIpc) is 3.72. The van der Waals surface area contributed by atoms with Gasteiger partial charge in [-0.1, -0.05) is 213 Å². The smallest absolute Gasteiger partial charge is 0.149 e. The predicted octanol–water partition coefficient (Wildman–Crippen LogP) is 18.6. The van der Waals surface area contributed by atoms with Gasteiger partial charge in [-0.3, -0.25) is 9.55 Å². The Morgan fingerprint density at radius 3 is 1.49 bits per heavy atom. The molecule has 366 valence electrons. The SMILES string of the molecule is [2H]c1cnc(-c2cc(-c3cccc4c3nc(-c3cc(C(C)(C)C)cc(C(C)(C)C)c3O)n4-c3c(-c4ccccc4)cc(C(C)(C)C)cc3-c3ccccc3)cc(C(C)(C)C)c2)c([2H])c1-c1ccc(C(C)(C)C)cc1. The molecule has 0 radical (unpaired) electrons. The Hall–Kier alpha value is -7.04. The van der Waals surface area contributed by atoms with Crippen LogP contribution in [0.4, 0.5) is 0 Å². The molecule has 4 nitrogen and oxygen atoms in total. The highest BCUT2D eigenvalue weighted by molar-refractivity contribution is 6.00. The molecule has 9 aromatic rings. The van der Waals surface area contributed by atoms with Crippen LogP contribution in [0.15, 0.2) is 164 Å². The second kappa shape index (κ2) is 18.2. The number of pyridine rings is 1. The van der Waals surface area contributed by atoms with Crippen LogP contribution in [0, 0.1) is 0 Å². The molecule has 9 rings (SSSR count). The van der Waals surface area contributed by atoms with Crippen molar-refractivity contribution in [2.75, 3.05) is 0 Å². The fourth-order valence-electron chi connectivity index (χ4n) is 9.67. The topological polar surface area (TPSA) is 50.9 Å². The molecule has 0 fully saturated rings. The van der Waals surface area contributed by atoms with E-state index in [-0.39, 0.29) is 44.9 Å². The molecule has 0 saturated carbocycles. The summed E-state index contributed by atoms with van der Waals surface area (Å²) >= 11 is 0. The molecule has 0 bridgehead atoms. The summed E-state index contributed by atoms with van der Waals surface area (Å²) in [4.78, 5) is 10.7. The van der Waals surface area contributed by atoms with E-state index in [9.17, 15) is 6.48 Å². The number of rotatable bonds is 7. The molecule has 0 aliphatic heterocycles. The van der Waals surface area contributed by atoms with E-state index in [1.54, 1.807) is 6.20 Å². The normalized spacial score (nSPS) is 13.1. The van der Waals surface area contributed by atoms with Crippen LogP contribution in [0.5, 0.6) is 5.75 Å². The minimum absolute atomic E-state index is 0.0315. The van der Waals surface area contributed by atoms with Crippen molar-refractivity contribution < 1.29 is 7.85 Å². The Morgan fingerprint density at radius 1 is 0.431 bits per heavy atom. The van der Waals surface area contributed by atoms with Gasteiger partial charge in [-0.05, 0) is 126 Å². The van der Waals surface area contributed by atoms with E-state index >= 15 is 0 Å². The van der Waals surface area contributed by atoms with Crippen LogP contribution in [0.2, 0.25) is 0 Å². The zero-order valence-corrected chi connectivity index (χ0v) is 45.2. The number of hydrogen-bond donors (Lipinski definition) is 1. The standard InChI is InChI=1S/C68H73N3O/c1-64(2,3)49-31-29-43(30-32-49)46-33-34-69-58(38-46)48-35-47(36-50(37-48)65(4,5)6)53-27-22-28-59-60(53)70-63(56-41-52(67(10,11)12)42-57(62(56)72)68(13,14)15)71(59)61-54(44-23-18-16-19-24-44)39-51(66(7,8)9)40-55(61)45-25-20-17-21-26-45/h16-42,72H,1-15H3/i33D,38D. The van der Waals surface area contributed by atoms with E-state index < -0.39 is 0 Å². The van der Waals surface area contributed by atoms with E-state index in [4.69, 9.17) is 11.3 Å². The van der Waals surface area contributed by atoms with E-state index in [1.807, 2.05) is 12.1 Å². The number of phenols is 1. The highest BCUT2D eigenvalue weighted by Crippen LogP contribution is 2.48. The third-order valence-corrected chi connectivity index (χ3v) is 14.1. The molecule has 2 aromatic heterocycles. The predicted molar refractivity (Wildman–Crippen MR) is 307 cm³/mol. The van der Waals surface area contributed by atoms with Gasteiger partial charge in [0.1, 0.15) is 11.6 Å². The number of nitrogens with zero attached hydrogens (tertiary/aromatic N) is 3. The first-order valence-electron chi connectivity index (χ1n) is 26.5. The molecule has 0 aliphatic carbocycles. The minimum Gasteiger partial charge on any atom is -0.507 e. The van der Waals surface area contributed by atoms with Crippen molar-refractivity contribution in [1.29, 1.82) is 0 Å². The zero-order valence-electron chi connectivity index (χ0n) is 47.2. The van der Waals surface area contributed by atoms with Crippen LogP contribution in [-0.2, 0) is 27.1 Å². The quantitative estimate of drug-likeness (QED) is 0.173. The second-order valence-electron chi connectivity index (χ2n) is 24.9. The number of aromatic hydroxyl groups is 1. The van der Waals surface area contributed by atoms with Crippen LogP contribution in [-0.4, -0.2) is 19.6 Å². The van der Waals surface area contributed by atoms with E-state index in [0.717, 1.165) is 77.9 Å². The van der Waals surface area contributed by atoms with Crippen molar-refractivity contribution in [2.24, 2.45) is 0 Å². The van der Waals surface area contributed by atoms with E-state index in [0.29, 0.717) is 22.6 Å². The first-order valence-corrected chi connectivity index (χ1v) is 25.5. The number of benzene rings is 7. The Bertz CT molecular complexity index is 3510. The van der Waals surface area contributed by atoms with Crippen LogP contribution in [0.1, 0.15) is 134 Å². The van der Waals surface area contributed by atoms with Gasteiger partial charge in [-0.25, -0.2) is 4.98 Å². The molecule has 0 atom stereocenters. The van der Waals surface area contributed by atoms with Crippen LogP contribution in [0.25, 0.3) is 83.9 Å². The first-order chi connectivity index (χ1) is 34.6. The van der Waals surface area contributed by atoms with Crippen molar-refractivity contribution >= 4 is 11.0 Å². The average molecular weight is 950 g/mol. The molecule has 0 amide bonds. The molecule has 0 aliphatic rings. The lowest BCUT2D eigenvalue weighted by Crippen LogP contribution is -2.17. The van der Waals surface area contributed by atoms with Gasteiger partial charge in [-0.15, -0.1) is 0 Å². The molecule has 7 aromatic carbocycles. The number of aromatic nitrogens is 3. The summed E-state index contributed by atoms with van der Waals surface area (Å²) in [6, 6.07) is 52.0. The number of hydrogen-bond acceptors (Lipinski definition) is 3. The third-order valence-electron chi connectivity index (χ3n) is 14.1. The fraction of sp³-hybridized carbons (Fsp3) is 0.294. The van der Waals surface area contributed by atoms with Gasteiger partial charge in [0.05, 0.1) is 30.7 Å². The van der Waals surface area contributed by atoms with Gasteiger partial charge in [0.2, 0.25) is 0 Å². The Kier molecular flexibility index (Phi) is 12.0. The van der Waals surface area contributed by atoms with Crippen LogP contribution in [0.3, 0.4) is 0 Å². The van der Waals surface area contributed by atoms with Gasteiger partial charge in [0.15, 0.2) is 0 Å². The number of phenolic OH excluding ortho intramolecular Hbond substituents is 1. The Balaban J connectivity index is 1.41. The summed E-state index contributed by atoms with van der Waals surface area (Å²) in [5.41, 5.74) is 16.4. The number of imidazole rings is 1. The van der Waals surface area contributed by atoms with Crippen molar-refractivity contribution in [3.63, 3.8) is 0 Å². The fourth-order valence-corrected chi connectivity index (χ4v) is 9.67. The lowest BCUT2D eigenvalue weighted by atomic mass is 9.78.